The number of halogens is 2. The van der Waals surface area contributed by atoms with Gasteiger partial charge in [0, 0.05) is 44.0 Å². The van der Waals surface area contributed by atoms with Crippen LogP contribution in [0, 0.1) is 5.92 Å². The molecule has 2 N–H and O–H groups in total. The van der Waals surface area contributed by atoms with Crippen LogP contribution in [-0.4, -0.2) is 47.6 Å². The number of piperidine rings is 1. The Hall–Kier alpha value is -0.880. The zero-order valence-corrected chi connectivity index (χ0v) is 17.7. The number of carbonyl (C=O) groups excluding carboxylic acids is 1. The van der Waals surface area contributed by atoms with E-state index in [0.717, 1.165) is 58.2 Å². The van der Waals surface area contributed by atoms with Crippen LogP contribution in [0.1, 0.15) is 56.9 Å². The Morgan fingerprint density at radius 1 is 1.19 bits per heavy atom. The number of rotatable bonds is 5. The highest BCUT2D eigenvalue weighted by atomic mass is 35.5. The van der Waals surface area contributed by atoms with Crippen molar-refractivity contribution in [3.63, 3.8) is 0 Å². The van der Waals surface area contributed by atoms with Gasteiger partial charge in [-0.2, -0.15) is 0 Å². The molecule has 1 aliphatic carbocycles. The first-order chi connectivity index (χ1) is 12.2. The monoisotopic (exact) mass is 417 g/mol. The van der Waals surface area contributed by atoms with Crippen molar-refractivity contribution in [2.24, 2.45) is 11.7 Å². The van der Waals surface area contributed by atoms with Gasteiger partial charge < -0.3 is 15.4 Å². The summed E-state index contributed by atoms with van der Waals surface area (Å²) in [5, 5.41) is 0. The van der Waals surface area contributed by atoms with Crippen LogP contribution in [0.25, 0.3) is 0 Å². The third-order valence-corrected chi connectivity index (χ3v) is 5.70. The quantitative estimate of drug-likeness (QED) is 0.794. The number of nitrogens with zero attached hydrogens (tertiary/aromatic N) is 2. The number of nitrogens with two attached hydrogens (primary N) is 1. The van der Waals surface area contributed by atoms with Gasteiger partial charge in [0.25, 0.3) is 0 Å². The van der Waals surface area contributed by atoms with Crippen molar-refractivity contribution in [1.29, 1.82) is 0 Å². The SMILES string of the molecule is CCCO[C@@H]1CC[C@H](C(=O)N2CCC(c3ccncc3)CC2)C[C@H]1N.Cl.Cl. The molecule has 27 heavy (non-hydrogen) atoms. The fraction of sp³-hybridized carbons (Fsp3) is 0.700. The normalized spacial score (nSPS) is 26.0. The molecular formula is C20H33Cl2N3O2. The second-order valence-electron chi connectivity index (χ2n) is 7.46. The molecule has 1 amide bonds. The molecule has 2 heterocycles. The zero-order chi connectivity index (χ0) is 17.6. The minimum atomic E-state index is -0.0105. The number of hydrogen-bond donors (Lipinski definition) is 1. The van der Waals surface area contributed by atoms with E-state index in [1.165, 1.54) is 5.56 Å². The fourth-order valence-corrected chi connectivity index (χ4v) is 4.21. The van der Waals surface area contributed by atoms with Crippen LogP contribution in [0.2, 0.25) is 0 Å². The predicted molar refractivity (Wildman–Crippen MR) is 113 cm³/mol. The van der Waals surface area contributed by atoms with Gasteiger partial charge in [-0.05, 0) is 62.1 Å². The average molecular weight is 418 g/mol. The molecule has 3 rings (SSSR count). The second-order valence-corrected chi connectivity index (χ2v) is 7.46. The summed E-state index contributed by atoms with van der Waals surface area (Å²) in [5.74, 6) is 0.930. The molecule has 0 aromatic carbocycles. The topological polar surface area (TPSA) is 68.5 Å². The number of carbonyl (C=O) groups is 1. The van der Waals surface area contributed by atoms with Gasteiger partial charge in [0.15, 0.2) is 0 Å². The van der Waals surface area contributed by atoms with E-state index in [1.807, 2.05) is 12.4 Å². The predicted octanol–water partition coefficient (Wildman–Crippen LogP) is 3.55. The molecule has 1 aromatic heterocycles. The molecule has 0 spiro atoms. The maximum absolute atomic E-state index is 12.9. The highest BCUT2D eigenvalue weighted by molar-refractivity contribution is 5.85. The summed E-state index contributed by atoms with van der Waals surface area (Å²) in [7, 11) is 0. The first-order valence-corrected chi connectivity index (χ1v) is 9.75. The van der Waals surface area contributed by atoms with E-state index in [9.17, 15) is 4.79 Å². The summed E-state index contributed by atoms with van der Waals surface area (Å²) in [6.07, 6.45) is 9.50. The van der Waals surface area contributed by atoms with Gasteiger partial charge in [-0.1, -0.05) is 6.92 Å². The molecule has 1 aromatic rings. The Morgan fingerprint density at radius 2 is 1.85 bits per heavy atom. The van der Waals surface area contributed by atoms with E-state index < -0.39 is 0 Å². The lowest BCUT2D eigenvalue weighted by Crippen LogP contribution is -2.48. The van der Waals surface area contributed by atoms with E-state index in [2.05, 4.69) is 28.9 Å². The molecule has 1 aliphatic heterocycles. The number of pyridine rings is 1. The number of aromatic nitrogens is 1. The minimum absolute atomic E-state index is 0. The molecular weight excluding hydrogens is 385 g/mol. The summed E-state index contributed by atoms with van der Waals surface area (Å²) in [4.78, 5) is 19.0. The molecule has 1 saturated carbocycles. The summed E-state index contributed by atoms with van der Waals surface area (Å²) in [6.45, 7) is 4.58. The first kappa shape index (κ1) is 24.2. The average Bonchev–Trinajstić information content (AvgIpc) is 2.67. The van der Waals surface area contributed by atoms with Gasteiger partial charge in [-0.25, -0.2) is 0 Å². The highest BCUT2D eigenvalue weighted by Gasteiger charge is 2.35. The maximum atomic E-state index is 12.9. The first-order valence-electron chi connectivity index (χ1n) is 9.75. The van der Waals surface area contributed by atoms with Gasteiger partial charge in [-0.3, -0.25) is 9.78 Å². The van der Waals surface area contributed by atoms with Crippen LogP contribution in [0.5, 0.6) is 0 Å². The number of likely N-dealkylation sites (tertiary alicyclic amines) is 1. The third kappa shape index (κ3) is 6.31. The van der Waals surface area contributed by atoms with Gasteiger partial charge in [0.05, 0.1) is 6.10 Å². The zero-order valence-electron chi connectivity index (χ0n) is 16.1. The van der Waals surface area contributed by atoms with Crippen molar-refractivity contribution in [3.05, 3.63) is 30.1 Å². The van der Waals surface area contributed by atoms with E-state index in [4.69, 9.17) is 10.5 Å². The van der Waals surface area contributed by atoms with Crippen LogP contribution in [0.15, 0.2) is 24.5 Å². The molecule has 2 aliphatic rings. The second kappa shape index (κ2) is 11.8. The van der Waals surface area contributed by atoms with Gasteiger partial charge in [0.2, 0.25) is 5.91 Å². The Labute approximate surface area is 175 Å². The van der Waals surface area contributed by atoms with E-state index in [-0.39, 0.29) is 42.9 Å². The van der Waals surface area contributed by atoms with Crippen molar-refractivity contribution >= 4 is 30.7 Å². The van der Waals surface area contributed by atoms with Crippen LogP contribution < -0.4 is 5.73 Å². The van der Waals surface area contributed by atoms with Gasteiger partial charge in [0.1, 0.15) is 0 Å². The number of amides is 1. The molecule has 3 atom stereocenters. The molecule has 5 nitrogen and oxygen atoms in total. The van der Waals surface area contributed by atoms with Crippen LogP contribution >= 0.6 is 24.8 Å². The van der Waals surface area contributed by atoms with Crippen LogP contribution in [-0.2, 0) is 9.53 Å². The lowest BCUT2D eigenvalue weighted by atomic mass is 9.82. The standard InChI is InChI=1S/C20H31N3O2.2ClH/c1-2-13-25-19-4-3-17(14-18(19)21)20(24)23-11-7-16(8-12-23)15-5-9-22-10-6-15;;/h5-6,9-10,16-19H,2-4,7-8,11-14,21H2,1H3;2*1H/t17-,18+,19+;;/m0../s1. The molecule has 0 bridgehead atoms. The Morgan fingerprint density at radius 3 is 2.44 bits per heavy atom. The minimum Gasteiger partial charge on any atom is -0.377 e. The molecule has 0 radical (unpaired) electrons. The maximum Gasteiger partial charge on any atom is 0.225 e. The molecule has 154 valence electrons. The van der Waals surface area contributed by atoms with E-state index in [1.54, 1.807) is 0 Å². The molecule has 7 heteroatoms. The van der Waals surface area contributed by atoms with Crippen LogP contribution in [0.4, 0.5) is 0 Å². The van der Waals surface area contributed by atoms with Crippen molar-refractivity contribution < 1.29 is 9.53 Å². The third-order valence-electron chi connectivity index (χ3n) is 5.70. The Bertz CT molecular complexity index is 553. The highest BCUT2D eigenvalue weighted by Crippen LogP contribution is 2.31. The summed E-state index contributed by atoms with van der Waals surface area (Å²) in [6, 6.07) is 4.18. The van der Waals surface area contributed by atoms with Crippen LogP contribution in [0.3, 0.4) is 0 Å². The largest absolute Gasteiger partial charge is 0.377 e. The molecule has 1 saturated heterocycles. The Balaban J connectivity index is 0.00000182. The molecule has 2 fully saturated rings. The van der Waals surface area contributed by atoms with Gasteiger partial charge in [-0.15, -0.1) is 24.8 Å². The van der Waals surface area contributed by atoms with Crippen molar-refractivity contribution in [2.75, 3.05) is 19.7 Å². The summed E-state index contributed by atoms with van der Waals surface area (Å²) < 4.78 is 5.83. The van der Waals surface area contributed by atoms with Crippen molar-refractivity contribution in [3.8, 4) is 0 Å². The van der Waals surface area contributed by atoms with Crippen molar-refractivity contribution in [1.82, 2.24) is 9.88 Å². The van der Waals surface area contributed by atoms with E-state index in [0.29, 0.717) is 11.8 Å². The smallest absolute Gasteiger partial charge is 0.225 e. The molecule has 0 unspecified atom stereocenters. The summed E-state index contributed by atoms with van der Waals surface area (Å²) in [5.41, 5.74) is 7.62. The fourth-order valence-electron chi connectivity index (χ4n) is 4.21. The lowest BCUT2D eigenvalue weighted by molar-refractivity contribution is -0.139. The Kier molecular flexibility index (Phi) is 10.6. The van der Waals surface area contributed by atoms with E-state index >= 15 is 0 Å². The number of ether oxygens (including phenoxy) is 1. The lowest BCUT2D eigenvalue weighted by Gasteiger charge is -2.38. The van der Waals surface area contributed by atoms with Gasteiger partial charge >= 0.3 is 0 Å². The summed E-state index contributed by atoms with van der Waals surface area (Å²) >= 11 is 0. The number of hydrogen-bond acceptors (Lipinski definition) is 4. The van der Waals surface area contributed by atoms with Crippen molar-refractivity contribution in [2.45, 2.75) is 63.5 Å².